The SMILES string of the molecule is Nc1ccccc1Cl.O=S(=O)(O)O.[H-].[Na+]. The van der Waals surface area contributed by atoms with Crippen LogP contribution in [-0.4, -0.2) is 17.5 Å². The minimum Gasteiger partial charge on any atom is -1.00 e. The van der Waals surface area contributed by atoms with Gasteiger partial charge < -0.3 is 7.16 Å². The number of rotatable bonds is 0. The van der Waals surface area contributed by atoms with Gasteiger partial charge in [0, 0.05) is 0 Å². The van der Waals surface area contributed by atoms with E-state index in [2.05, 4.69) is 0 Å². The summed E-state index contributed by atoms with van der Waals surface area (Å²) < 4.78 is 31.6. The molecule has 1 aromatic rings. The van der Waals surface area contributed by atoms with E-state index in [1.54, 1.807) is 12.1 Å². The Morgan fingerprint density at radius 1 is 1.29 bits per heavy atom. The monoisotopic (exact) mass is 249 g/mol. The van der Waals surface area contributed by atoms with Crippen molar-refractivity contribution in [1.29, 1.82) is 0 Å². The summed E-state index contributed by atoms with van der Waals surface area (Å²) in [5.41, 5.74) is 6.02. The van der Waals surface area contributed by atoms with Crippen LogP contribution in [0.5, 0.6) is 0 Å². The Labute approximate surface area is 111 Å². The van der Waals surface area contributed by atoms with Crippen LogP contribution in [0.2, 0.25) is 5.02 Å². The zero-order valence-electron chi connectivity index (χ0n) is 8.38. The van der Waals surface area contributed by atoms with Crippen molar-refractivity contribution < 1.29 is 48.5 Å². The number of hydrogen-bond donors (Lipinski definition) is 3. The van der Waals surface area contributed by atoms with Crippen LogP contribution in [0, 0.1) is 0 Å². The number of anilines is 1. The molecule has 76 valence electrons. The van der Waals surface area contributed by atoms with Gasteiger partial charge in [-0.25, -0.2) is 0 Å². The fraction of sp³-hybridized carbons (Fsp3) is 0. The van der Waals surface area contributed by atoms with Crippen molar-refractivity contribution in [3.63, 3.8) is 0 Å². The van der Waals surface area contributed by atoms with Crippen molar-refractivity contribution in [3.05, 3.63) is 29.3 Å². The summed E-state index contributed by atoms with van der Waals surface area (Å²) in [6.07, 6.45) is 0. The molecule has 1 rings (SSSR count). The Morgan fingerprint density at radius 3 is 1.86 bits per heavy atom. The summed E-state index contributed by atoms with van der Waals surface area (Å²) in [4.78, 5) is 0. The molecule has 5 nitrogen and oxygen atoms in total. The van der Waals surface area contributed by atoms with E-state index in [9.17, 15) is 0 Å². The fourth-order valence-corrected chi connectivity index (χ4v) is 0.611. The van der Waals surface area contributed by atoms with E-state index in [1.807, 2.05) is 12.1 Å². The molecule has 0 aliphatic heterocycles. The van der Waals surface area contributed by atoms with Crippen LogP contribution >= 0.6 is 11.6 Å². The van der Waals surface area contributed by atoms with Gasteiger partial charge >= 0.3 is 40.0 Å². The second-order valence-corrected chi connectivity index (χ2v) is 3.27. The van der Waals surface area contributed by atoms with Crippen molar-refractivity contribution in [2.45, 2.75) is 0 Å². The summed E-state index contributed by atoms with van der Waals surface area (Å²) in [6, 6.07) is 7.22. The summed E-state index contributed by atoms with van der Waals surface area (Å²) in [7, 11) is -4.67. The Balaban J connectivity index is -0.000000185. The molecule has 4 N–H and O–H groups in total. The molecule has 0 atom stereocenters. The van der Waals surface area contributed by atoms with Gasteiger partial charge in [0.05, 0.1) is 10.7 Å². The Morgan fingerprint density at radius 2 is 1.64 bits per heavy atom. The molecule has 0 saturated carbocycles. The van der Waals surface area contributed by atoms with Crippen molar-refractivity contribution in [1.82, 2.24) is 0 Å². The van der Waals surface area contributed by atoms with Gasteiger partial charge in [0.15, 0.2) is 0 Å². The summed E-state index contributed by atoms with van der Waals surface area (Å²) in [5.74, 6) is 0. The van der Waals surface area contributed by atoms with E-state index in [-0.39, 0.29) is 31.0 Å². The molecule has 0 aromatic heterocycles. The van der Waals surface area contributed by atoms with E-state index in [1.165, 1.54) is 0 Å². The number of nitrogens with two attached hydrogens (primary N) is 1. The van der Waals surface area contributed by atoms with Crippen LogP contribution in [-0.2, 0) is 10.4 Å². The second kappa shape index (κ2) is 7.47. The number of hydrogen-bond acceptors (Lipinski definition) is 3. The van der Waals surface area contributed by atoms with E-state index in [0.29, 0.717) is 10.7 Å². The predicted molar refractivity (Wildman–Crippen MR) is 51.2 cm³/mol. The van der Waals surface area contributed by atoms with Crippen molar-refractivity contribution in [3.8, 4) is 0 Å². The van der Waals surface area contributed by atoms with Gasteiger partial charge in [0.25, 0.3) is 0 Å². The predicted octanol–water partition coefficient (Wildman–Crippen LogP) is -1.61. The van der Waals surface area contributed by atoms with E-state index in [4.69, 9.17) is 34.9 Å². The van der Waals surface area contributed by atoms with Gasteiger partial charge in [0.1, 0.15) is 0 Å². The molecule has 0 saturated heterocycles. The smallest absolute Gasteiger partial charge is 1.00 e. The molecule has 0 bridgehead atoms. The molecule has 0 heterocycles. The van der Waals surface area contributed by atoms with Gasteiger partial charge in [-0.2, -0.15) is 8.42 Å². The second-order valence-electron chi connectivity index (χ2n) is 1.97. The minimum atomic E-state index is -4.67. The average Bonchev–Trinajstić information content (AvgIpc) is 1.92. The van der Waals surface area contributed by atoms with Crippen LogP contribution in [0.1, 0.15) is 1.43 Å². The van der Waals surface area contributed by atoms with Crippen LogP contribution in [0.4, 0.5) is 5.69 Å². The van der Waals surface area contributed by atoms with Crippen LogP contribution in [0.15, 0.2) is 24.3 Å². The topological polar surface area (TPSA) is 101 Å². The first kappa shape index (κ1) is 16.6. The molecule has 0 aliphatic carbocycles. The van der Waals surface area contributed by atoms with Gasteiger partial charge in [-0.15, -0.1) is 0 Å². The first-order chi connectivity index (χ1) is 5.80. The third-order valence-electron chi connectivity index (χ3n) is 0.905. The Hall–Kier alpha value is 0.180. The first-order valence-electron chi connectivity index (χ1n) is 3.00. The van der Waals surface area contributed by atoms with Gasteiger partial charge in [0.2, 0.25) is 0 Å². The molecule has 0 spiro atoms. The maximum absolute atomic E-state index is 8.74. The Kier molecular flexibility index (Phi) is 8.86. The molecule has 1 aromatic carbocycles. The third kappa shape index (κ3) is 12.2. The third-order valence-corrected chi connectivity index (χ3v) is 1.25. The molecule has 0 radical (unpaired) electrons. The van der Waals surface area contributed by atoms with Gasteiger partial charge in [-0.3, -0.25) is 9.11 Å². The van der Waals surface area contributed by atoms with Gasteiger partial charge in [-0.05, 0) is 12.1 Å². The van der Waals surface area contributed by atoms with Crippen molar-refractivity contribution in [2.24, 2.45) is 0 Å². The summed E-state index contributed by atoms with van der Waals surface area (Å²) in [5, 5.41) is 0.618. The van der Waals surface area contributed by atoms with E-state index >= 15 is 0 Å². The number of para-hydroxylation sites is 1. The number of nitrogen functional groups attached to an aromatic ring is 1. The summed E-state index contributed by atoms with van der Waals surface area (Å²) >= 11 is 5.58. The minimum absolute atomic E-state index is 0. The molecule has 14 heavy (non-hydrogen) atoms. The molecule has 0 amide bonds. The zero-order chi connectivity index (χ0) is 10.5. The molecule has 8 heteroatoms. The van der Waals surface area contributed by atoms with Gasteiger partial charge in [-0.1, -0.05) is 23.7 Å². The van der Waals surface area contributed by atoms with Crippen LogP contribution < -0.4 is 35.3 Å². The molecule has 0 unspecified atom stereocenters. The normalized spacial score (nSPS) is 9.36. The molecular formula is C6H9ClNNaO4S. The quantitative estimate of drug-likeness (QED) is 0.292. The first-order valence-corrected chi connectivity index (χ1v) is 4.78. The fourth-order valence-electron chi connectivity index (χ4n) is 0.475. The zero-order valence-corrected chi connectivity index (χ0v) is 11.0. The van der Waals surface area contributed by atoms with Crippen molar-refractivity contribution >= 4 is 27.7 Å². The number of halogens is 1. The summed E-state index contributed by atoms with van der Waals surface area (Å²) in [6.45, 7) is 0. The maximum atomic E-state index is 8.74. The van der Waals surface area contributed by atoms with Crippen LogP contribution in [0.3, 0.4) is 0 Å². The largest absolute Gasteiger partial charge is 1.00 e. The standard InChI is InChI=1S/C6H6ClN.Na.H2O4S.H/c7-5-3-1-2-4-6(5)8;;1-5(2,3)4;/h1-4H,8H2;;(H2,1,2,3,4);/q;+1;;-1. The van der Waals surface area contributed by atoms with Crippen LogP contribution in [0.25, 0.3) is 0 Å². The molecule has 0 fully saturated rings. The molecule has 0 aliphatic rings. The maximum Gasteiger partial charge on any atom is 1.00 e. The van der Waals surface area contributed by atoms with Crippen molar-refractivity contribution in [2.75, 3.05) is 5.73 Å². The van der Waals surface area contributed by atoms with E-state index < -0.39 is 10.4 Å². The Bertz CT molecular complexity index is 346. The molecular weight excluding hydrogens is 241 g/mol. The average molecular weight is 250 g/mol. The number of benzene rings is 1. The van der Waals surface area contributed by atoms with E-state index in [0.717, 1.165) is 0 Å².